The predicted octanol–water partition coefficient (Wildman–Crippen LogP) is 8.83. The van der Waals surface area contributed by atoms with Gasteiger partial charge in [0.2, 0.25) is 12.5 Å². The molecule has 0 spiro atoms. The van der Waals surface area contributed by atoms with Crippen molar-refractivity contribution >= 4 is 5.97 Å². The SMILES string of the molecule is COc1cc([C@@H]2c3cc4c(cc3[C@@H](O[C@@H]3O[C@H](COCc5ccccc5)[C@@H](OCc5ccccc5)[C@H](OCc5ccccc5)[C@H]3OCc3ccccc3)[C@H]3COC(=O)[C@H]23)OCO4)cc(OC)c1O. The highest BCUT2D eigenvalue weighted by molar-refractivity contribution is 5.79. The summed E-state index contributed by atoms with van der Waals surface area (Å²) in [5, 5.41) is 11.0. The lowest BCUT2D eigenvalue weighted by Gasteiger charge is -2.48. The zero-order valence-corrected chi connectivity index (χ0v) is 37.8. The molecule has 0 amide bonds. The summed E-state index contributed by atoms with van der Waals surface area (Å²) in [6.07, 6.45) is -4.92. The number of phenolic OH excluding ortho intramolecular Hbond substituents is 1. The van der Waals surface area contributed by atoms with Gasteiger partial charge in [-0.2, -0.15) is 0 Å². The first-order chi connectivity index (χ1) is 33.4. The van der Waals surface area contributed by atoms with Gasteiger partial charge in [-0.05, 0) is 63.2 Å². The zero-order valence-electron chi connectivity index (χ0n) is 37.8. The predicted molar refractivity (Wildman–Crippen MR) is 247 cm³/mol. The number of ether oxygens (including phenoxy) is 11. The van der Waals surface area contributed by atoms with Crippen LogP contribution in [-0.2, 0) is 64.4 Å². The Labute approximate surface area is 395 Å². The minimum absolute atomic E-state index is 0.0285. The van der Waals surface area contributed by atoms with Crippen molar-refractivity contribution in [2.75, 3.05) is 34.2 Å². The second-order valence-corrected chi connectivity index (χ2v) is 17.3. The van der Waals surface area contributed by atoms with Gasteiger partial charge in [-0.15, -0.1) is 0 Å². The van der Waals surface area contributed by atoms with Crippen molar-refractivity contribution in [3.63, 3.8) is 0 Å². The van der Waals surface area contributed by atoms with Crippen LogP contribution < -0.4 is 18.9 Å². The van der Waals surface area contributed by atoms with E-state index in [1.807, 2.05) is 133 Å². The first kappa shape index (κ1) is 45.3. The van der Waals surface area contributed by atoms with Gasteiger partial charge < -0.3 is 57.2 Å². The molecule has 68 heavy (non-hydrogen) atoms. The van der Waals surface area contributed by atoms with E-state index in [0.717, 1.165) is 33.4 Å². The van der Waals surface area contributed by atoms with E-state index in [1.54, 1.807) is 12.1 Å². The highest BCUT2D eigenvalue weighted by Crippen LogP contribution is 2.57. The molecule has 1 N–H and O–H groups in total. The lowest BCUT2D eigenvalue weighted by molar-refractivity contribution is -0.341. The van der Waals surface area contributed by atoms with Gasteiger partial charge in [-0.1, -0.05) is 121 Å². The zero-order chi connectivity index (χ0) is 46.4. The fourth-order valence-electron chi connectivity index (χ4n) is 9.78. The largest absolute Gasteiger partial charge is 0.502 e. The number of aromatic hydroxyl groups is 1. The second-order valence-electron chi connectivity index (χ2n) is 17.3. The van der Waals surface area contributed by atoms with Gasteiger partial charge in [0.05, 0.1) is 65.9 Å². The lowest BCUT2D eigenvalue weighted by Crippen LogP contribution is -2.62. The number of cyclic esters (lactones) is 1. The van der Waals surface area contributed by atoms with Crippen molar-refractivity contribution in [1.29, 1.82) is 0 Å². The van der Waals surface area contributed by atoms with Gasteiger partial charge in [0.1, 0.15) is 24.4 Å². The minimum Gasteiger partial charge on any atom is -0.502 e. The lowest BCUT2D eigenvalue weighted by atomic mass is 9.66. The summed E-state index contributed by atoms with van der Waals surface area (Å²) < 4.78 is 71.0. The van der Waals surface area contributed by atoms with Gasteiger partial charge in [0.15, 0.2) is 29.3 Å². The van der Waals surface area contributed by atoms with Crippen molar-refractivity contribution < 1.29 is 62.0 Å². The molecule has 4 aliphatic rings. The van der Waals surface area contributed by atoms with Crippen LogP contribution in [0.15, 0.2) is 146 Å². The van der Waals surface area contributed by atoms with E-state index in [2.05, 4.69) is 0 Å². The molecule has 6 aromatic rings. The molecule has 9 atom stereocenters. The van der Waals surface area contributed by atoms with Crippen molar-refractivity contribution in [2.45, 2.75) is 69.2 Å². The van der Waals surface area contributed by atoms with E-state index in [-0.39, 0.29) is 57.1 Å². The summed E-state index contributed by atoms with van der Waals surface area (Å²) in [6, 6.07) is 47.1. The molecule has 0 unspecified atom stereocenters. The molecule has 0 bridgehead atoms. The third-order valence-corrected chi connectivity index (χ3v) is 13.1. The van der Waals surface area contributed by atoms with Gasteiger partial charge in [-0.25, -0.2) is 0 Å². The average molecular weight is 923 g/mol. The molecule has 0 aromatic heterocycles. The standard InChI is InChI=1S/C55H54O13/c1-58-44-23-38(24-45(59-2)49(44)56)47-39-25-42-43(66-33-65-42)26-40(39)50(41-31-64-54(57)48(41)47)68-55-53(63-30-37-21-13-6-14-22-37)52(62-29-36-19-11-5-12-20-36)51(61-28-35-17-9-4-10-18-35)46(67-55)32-60-27-34-15-7-3-8-16-34/h3-26,41,46-48,50-53,55-56H,27-33H2,1-2H3/t41-,46+,47+,48-,50+,51+,52-,53+,55-/m0/s1. The van der Waals surface area contributed by atoms with E-state index >= 15 is 0 Å². The topological polar surface area (TPSA) is 139 Å². The average Bonchev–Trinajstić information content (AvgIpc) is 4.01. The van der Waals surface area contributed by atoms with Crippen LogP contribution in [0.25, 0.3) is 0 Å². The van der Waals surface area contributed by atoms with Crippen molar-refractivity contribution in [3.05, 3.63) is 185 Å². The summed E-state index contributed by atoms with van der Waals surface area (Å²) in [4.78, 5) is 14.2. The number of carbonyl (C=O) groups is 1. The Balaban J connectivity index is 1.07. The Bertz CT molecular complexity index is 2590. The summed E-state index contributed by atoms with van der Waals surface area (Å²) in [6.45, 7) is 1.28. The molecule has 2 fully saturated rings. The number of benzene rings is 6. The second kappa shape index (κ2) is 20.8. The van der Waals surface area contributed by atoms with Gasteiger partial charge >= 0.3 is 5.97 Å². The molecule has 3 aliphatic heterocycles. The summed E-state index contributed by atoms with van der Waals surface area (Å²) in [5.74, 6) is -0.938. The van der Waals surface area contributed by atoms with Crippen molar-refractivity contribution in [3.8, 4) is 28.7 Å². The Hall–Kier alpha value is -6.45. The molecule has 3 heterocycles. The molecule has 352 valence electrons. The van der Waals surface area contributed by atoms with Crippen LogP contribution in [0.4, 0.5) is 0 Å². The molecule has 2 saturated heterocycles. The van der Waals surface area contributed by atoms with E-state index in [0.29, 0.717) is 23.7 Å². The monoisotopic (exact) mass is 922 g/mol. The maximum atomic E-state index is 14.2. The summed E-state index contributed by atoms with van der Waals surface area (Å²) >= 11 is 0. The molecule has 13 nitrogen and oxygen atoms in total. The Morgan fingerprint density at radius 3 is 1.63 bits per heavy atom. The van der Waals surface area contributed by atoms with Crippen molar-refractivity contribution in [1.82, 2.24) is 0 Å². The van der Waals surface area contributed by atoms with Crippen LogP contribution in [0.5, 0.6) is 28.7 Å². The third-order valence-electron chi connectivity index (χ3n) is 13.1. The number of methoxy groups -OCH3 is 2. The number of hydrogen-bond acceptors (Lipinski definition) is 13. The highest BCUT2D eigenvalue weighted by Gasteiger charge is 2.56. The van der Waals surface area contributed by atoms with Crippen LogP contribution in [0.1, 0.15) is 51.0 Å². The first-order valence-electron chi connectivity index (χ1n) is 22.9. The molecule has 0 radical (unpaired) electrons. The van der Waals surface area contributed by atoms with Crippen LogP contribution in [0.2, 0.25) is 0 Å². The maximum absolute atomic E-state index is 14.2. The van der Waals surface area contributed by atoms with E-state index in [9.17, 15) is 9.90 Å². The van der Waals surface area contributed by atoms with Gasteiger partial charge in [-0.3, -0.25) is 4.79 Å². The van der Waals surface area contributed by atoms with Gasteiger partial charge in [0, 0.05) is 11.8 Å². The normalized spacial score (nSPS) is 24.7. The minimum atomic E-state index is -1.09. The maximum Gasteiger partial charge on any atom is 0.310 e. The summed E-state index contributed by atoms with van der Waals surface area (Å²) in [7, 11) is 2.94. The number of carbonyl (C=O) groups excluding carboxylic acids is 1. The molecular formula is C55H54O13. The molecule has 0 saturated carbocycles. The van der Waals surface area contributed by atoms with E-state index in [1.165, 1.54) is 14.2 Å². The third kappa shape index (κ3) is 9.64. The molecule has 10 rings (SSSR count). The Morgan fingerprint density at radius 2 is 1.09 bits per heavy atom. The van der Waals surface area contributed by atoms with E-state index < -0.39 is 60.5 Å². The highest BCUT2D eigenvalue weighted by atomic mass is 16.7. The Morgan fingerprint density at radius 1 is 0.588 bits per heavy atom. The number of hydrogen-bond donors (Lipinski definition) is 1. The van der Waals surface area contributed by atoms with Gasteiger partial charge in [0.25, 0.3) is 0 Å². The quantitative estimate of drug-likeness (QED) is 0.0823. The molecule has 1 aliphatic carbocycles. The smallest absolute Gasteiger partial charge is 0.310 e. The molecule has 6 aromatic carbocycles. The Kier molecular flexibility index (Phi) is 13.9. The van der Waals surface area contributed by atoms with Crippen molar-refractivity contribution in [2.24, 2.45) is 11.8 Å². The number of esters is 1. The fourth-order valence-corrected chi connectivity index (χ4v) is 9.78. The van der Waals surface area contributed by atoms with Crippen LogP contribution in [0.3, 0.4) is 0 Å². The fraction of sp³-hybridized carbons (Fsp3) is 0.327. The molecular weight excluding hydrogens is 869 g/mol. The number of rotatable bonds is 18. The number of fused-ring (bicyclic) bond motifs is 3. The first-order valence-corrected chi connectivity index (χ1v) is 22.9. The summed E-state index contributed by atoms with van der Waals surface area (Å²) in [5.41, 5.74) is 6.05. The van der Waals surface area contributed by atoms with Crippen LogP contribution in [-0.4, -0.2) is 76.0 Å². The number of phenols is 1. The van der Waals surface area contributed by atoms with Crippen LogP contribution >= 0.6 is 0 Å². The molecule has 13 heteroatoms. The van der Waals surface area contributed by atoms with E-state index in [4.69, 9.17) is 52.1 Å². The van der Waals surface area contributed by atoms with Crippen LogP contribution in [0, 0.1) is 11.8 Å².